The maximum Gasteiger partial charge on any atom is 0.339 e. The van der Waals surface area contributed by atoms with Crippen molar-refractivity contribution in [2.24, 2.45) is 0 Å². The lowest BCUT2D eigenvalue weighted by molar-refractivity contribution is 0.0600. The normalized spacial score (nSPS) is 10.6. The van der Waals surface area contributed by atoms with Crippen LogP contribution in [0.2, 0.25) is 0 Å². The van der Waals surface area contributed by atoms with Crippen molar-refractivity contribution in [3.05, 3.63) is 35.8 Å². The Kier molecular flexibility index (Phi) is 2.87. The van der Waals surface area contributed by atoms with Crippen LogP contribution < -0.4 is 0 Å². The molecule has 0 saturated heterocycles. The molecule has 0 unspecified atom stereocenters. The van der Waals surface area contributed by atoms with Gasteiger partial charge in [0.25, 0.3) is 0 Å². The van der Waals surface area contributed by atoms with Crippen LogP contribution in [-0.4, -0.2) is 29.6 Å². The van der Waals surface area contributed by atoms with Crippen LogP contribution in [0.3, 0.4) is 0 Å². The molecule has 2 aromatic rings. The van der Waals surface area contributed by atoms with Gasteiger partial charge < -0.3 is 13.9 Å². The van der Waals surface area contributed by atoms with Crippen molar-refractivity contribution in [3.8, 4) is 0 Å². The first-order valence-electron chi connectivity index (χ1n) is 4.79. The number of pyridine rings is 1. The molecule has 0 aromatic carbocycles. The Balaban J connectivity index is 2.41. The summed E-state index contributed by atoms with van der Waals surface area (Å²) in [5, 5.41) is 0. The first-order valence-corrected chi connectivity index (χ1v) is 4.79. The van der Waals surface area contributed by atoms with E-state index in [0.29, 0.717) is 12.2 Å². The van der Waals surface area contributed by atoms with Crippen LogP contribution in [0.25, 0.3) is 5.65 Å². The number of esters is 1. The van der Waals surface area contributed by atoms with E-state index in [0.717, 1.165) is 11.3 Å². The molecule has 0 aliphatic rings. The van der Waals surface area contributed by atoms with Crippen LogP contribution in [0.4, 0.5) is 0 Å². The van der Waals surface area contributed by atoms with Gasteiger partial charge in [0.1, 0.15) is 5.65 Å². The highest BCUT2D eigenvalue weighted by atomic mass is 16.5. The van der Waals surface area contributed by atoms with Crippen molar-refractivity contribution >= 4 is 11.6 Å². The number of hydrogen-bond acceptors (Lipinski definition) is 4. The number of carbonyl (C=O) groups is 1. The summed E-state index contributed by atoms with van der Waals surface area (Å²) in [5.74, 6) is -0.358. The maximum atomic E-state index is 11.3. The Labute approximate surface area is 92.6 Å². The minimum atomic E-state index is -0.358. The van der Waals surface area contributed by atoms with E-state index in [1.807, 2.05) is 6.20 Å². The molecule has 2 rings (SSSR count). The van der Waals surface area contributed by atoms with Crippen LogP contribution >= 0.6 is 0 Å². The average molecular weight is 220 g/mol. The Bertz CT molecular complexity index is 519. The number of carbonyl (C=O) groups excluding carboxylic acids is 1. The van der Waals surface area contributed by atoms with Crippen LogP contribution in [0, 0.1) is 0 Å². The molecule has 0 N–H and O–H groups in total. The third kappa shape index (κ3) is 1.90. The summed E-state index contributed by atoms with van der Waals surface area (Å²) >= 11 is 0. The molecule has 0 aliphatic heterocycles. The summed E-state index contributed by atoms with van der Waals surface area (Å²) in [7, 11) is 2.97. The molecule has 2 aromatic heterocycles. The van der Waals surface area contributed by atoms with Gasteiger partial charge in [0.15, 0.2) is 0 Å². The van der Waals surface area contributed by atoms with Crippen molar-refractivity contribution in [2.45, 2.75) is 6.61 Å². The van der Waals surface area contributed by atoms with Crippen molar-refractivity contribution in [3.63, 3.8) is 0 Å². The van der Waals surface area contributed by atoms with Crippen molar-refractivity contribution in [1.82, 2.24) is 9.38 Å². The van der Waals surface area contributed by atoms with Gasteiger partial charge >= 0.3 is 5.97 Å². The molecule has 0 atom stereocenters. The van der Waals surface area contributed by atoms with Gasteiger partial charge in [0.2, 0.25) is 0 Å². The van der Waals surface area contributed by atoms with Crippen LogP contribution in [0.5, 0.6) is 0 Å². The average Bonchev–Trinajstić information content (AvgIpc) is 2.69. The minimum Gasteiger partial charge on any atom is -0.465 e. The zero-order chi connectivity index (χ0) is 11.5. The fourth-order valence-electron chi connectivity index (χ4n) is 1.50. The summed E-state index contributed by atoms with van der Waals surface area (Å²) in [5.41, 5.74) is 2.10. The topological polar surface area (TPSA) is 52.8 Å². The standard InChI is InChI=1S/C11H12N2O3/c1-15-7-9-6-13-5-8(11(14)16-2)3-4-10(13)12-9/h3-6H,7H2,1-2H3. The quantitative estimate of drug-likeness (QED) is 0.731. The molecule has 5 nitrogen and oxygen atoms in total. The van der Waals surface area contributed by atoms with Crippen molar-refractivity contribution in [2.75, 3.05) is 14.2 Å². The third-order valence-electron chi connectivity index (χ3n) is 2.21. The van der Waals surface area contributed by atoms with Crippen LogP contribution in [0.1, 0.15) is 16.1 Å². The summed E-state index contributed by atoms with van der Waals surface area (Å²) < 4.78 is 11.4. The van der Waals surface area contributed by atoms with Gasteiger partial charge in [-0.2, -0.15) is 0 Å². The molecule has 0 fully saturated rings. The summed E-state index contributed by atoms with van der Waals surface area (Å²) in [6, 6.07) is 3.45. The Morgan fingerprint density at radius 3 is 2.88 bits per heavy atom. The minimum absolute atomic E-state index is 0.358. The predicted molar refractivity (Wildman–Crippen MR) is 57.2 cm³/mol. The van der Waals surface area contributed by atoms with E-state index >= 15 is 0 Å². The van der Waals surface area contributed by atoms with E-state index in [4.69, 9.17) is 4.74 Å². The summed E-state index contributed by atoms with van der Waals surface area (Å²) in [4.78, 5) is 15.6. The number of ether oxygens (including phenoxy) is 2. The highest BCUT2D eigenvalue weighted by Crippen LogP contribution is 2.09. The van der Waals surface area contributed by atoms with Gasteiger partial charge in [-0.1, -0.05) is 0 Å². The Morgan fingerprint density at radius 2 is 2.19 bits per heavy atom. The number of aromatic nitrogens is 2. The molecule has 0 aliphatic carbocycles. The van der Waals surface area contributed by atoms with Gasteiger partial charge in [0.05, 0.1) is 25.0 Å². The maximum absolute atomic E-state index is 11.3. The van der Waals surface area contributed by atoms with Gasteiger partial charge in [0, 0.05) is 19.5 Å². The molecule has 2 heterocycles. The fourth-order valence-corrected chi connectivity index (χ4v) is 1.50. The molecule has 0 radical (unpaired) electrons. The number of nitrogens with zero attached hydrogens (tertiary/aromatic N) is 2. The SMILES string of the molecule is COCc1cn2cc(C(=O)OC)ccc2n1. The molecular formula is C11H12N2O3. The molecule has 5 heteroatoms. The second-order valence-electron chi connectivity index (χ2n) is 3.34. The summed E-state index contributed by atoms with van der Waals surface area (Å²) in [6.45, 7) is 0.454. The van der Waals surface area contributed by atoms with E-state index in [1.54, 1.807) is 29.8 Å². The Morgan fingerprint density at radius 1 is 1.38 bits per heavy atom. The first-order chi connectivity index (χ1) is 7.74. The van der Waals surface area contributed by atoms with Gasteiger partial charge in [-0.05, 0) is 12.1 Å². The number of hydrogen-bond donors (Lipinski definition) is 0. The van der Waals surface area contributed by atoms with Crippen LogP contribution in [0.15, 0.2) is 24.5 Å². The molecule has 16 heavy (non-hydrogen) atoms. The molecule has 0 saturated carbocycles. The van der Waals surface area contributed by atoms with E-state index in [1.165, 1.54) is 7.11 Å². The van der Waals surface area contributed by atoms with E-state index in [9.17, 15) is 4.79 Å². The lowest BCUT2D eigenvalue weighted by Crippen LogP contribution is -2.02. The second kappa shape index (κ2) is 4.32. The second-order valence-corrected chi connectivity index (χ2v) is 3.34. The molecule has 0 bridgehead atoms. The molecular weight excluding hydrogens is 208 g/mol. The largest absolute Gasteiger partial charge is 0.465 e. The zero-order valence-corrected chi connectivity index (χ0v) is 9.14. The van der Waals surface area contributed by atoms with E-state index in [-0.39, 0.29) is 5.97 Å². The number of fused-ring (bicyclic) bond motifs is 1. The smallest absolute Gasteiger partial charge is 0.339 e. The van der Waals surface area contributed by atoms with Crippen LogP contribution in [-0.2, 0) is 16.1 Å². The van der Waals surface area contributed by atoms with E-state index in [2.05, 4.69) is 9.72 Å². The van der Waals surface area contributed by atoms with Gasteiger partial charge in [-0.15, -0.1) is 0 Å². The molecule has 0 amide bonds. The zero-order valence-electron chi connectivity index (χ0n) is 9.14. The lowest BCUT2D eigenvalue weighted by Gasteiger charge is -1.99. The number of methoxy groups -OCH3 is 2. The van der Waals surface area contributed by atoms with Gasteiger partial charge in [-0.25, -0.2) is 9.78 Å². The fraction of sp³-hybridized carbons (Fsp3) is 0.273. The molecule has 0 spiro atoms. The monoisotopic (exact) mass is 220 g/mol. The summed E-state index contributed by atoms with van der Waals surface area (Å²) in [6.07, 6.45) is 3.51. The van der Waals surface area contributed by atoms with Crippen molar-refractivity contribution < 1.29 is 14.3 Å². The highest BCUT2D eigenvalue weighted by Gasteiger charge is 2.07. The first kappa shape index (κ1) is 10.6. The predicted octanol–water partition coefficient (Wildman–Crippen LogP) is 1.27. The third-order valence-corrected chi connectivity index (χ3v) is 2.21. The lowest BCUT2D eigenvalue weighted by atomic mass is 10.3. The number of rotatable bonds is 3. The highest BCUT2D eigenvalue weighted by molar-refractivity contribution is 5.89. The Hall–Kier alpha value is -1.88. The van der Waals surface area contributed by atoms with Gasteiger partial charge in [-0.3, -0.25) is 0 Å². The van der Waals surface area contributed by atoms with Crippen molar-refractivity contribution in [1.29, 1.82) is 0 Å². The van der Waals surface area contributed by atoms with E-state index < -0.39 is 0 Å². The molecule has 84 valence electrons. The number of imidazole rings is 1.